The number of piperazine rings is 1. The van der Waals surface area contributed by atoms with Gasteiger partial charge in [-0.3, -0.25) is 4.90 Å². The zero-order chi connectivity index (χ0) is 27.5. The number of ether oxygens (including phenoxy) is 6. The molecule has 38 heavy (non-hydrogen) atoms. The van der Waals surface area contributed by atoms with Gasteiger partial charge in [0, 0.05) is 51.7 Å². The van der Waals surface area contributed by atoms with Crippen LogP contribution in [0.15, 0.2) is 5.70 Å². The number of methoxy groups -OCH3 is 6. The van der Waals surface area contributed by atoms with E-state index in [9.17, 15) is 5.11 Å². The highest BCUT2D eigenvalue weighted by molar-refractivity contribution is 5.77. The third kappa shape index (κ3) is 3.37. The lowest BCUT2D eigenvalue weighted by Crippen LogP contribution is -2.57. The van der Waals surface area contributed by atoms with E-state index in [0.29, 0.717) is 28.7 Å². The Labute approximate surface area is 224 Å². The van der Waals surface area contributed by atoms with Gasteiger partial charge in [-0.2, -0.15) is 0 Å². The second-order valence-corrected chi connectivity index (χ2v) is 10.0. The molecule has 3 heterocycles. The number of fused-ring (bicyclic) bond motifs is 7. The molecule has 0 saturated carbocycles. The van der Waals surface area contributed by atoms with Crippen molar-refractivity contribution in [2.24, 2.45) is 0 Å². The minimum Gasteiger partial charge on any atom is -0.496 e. The fraction of sp³-hybridized carbons (Fsp3) is 0.517. The maximum atomic E-state index is 10.8. The van der Waals surface area contributed by atoms with Crippen molar-refractivity contribution in [3.8, 4) is 34.5 Å². The smallest absolute Gasteiger partial charge is 0.167 e. The normalized spacial score (nSPS) is 21.6. The summed E-state index contributed by atoms with van der Waals surface area (Å²) in [5.74, 6) is 4.16. The van der Waals surface area contributed by atoms with E-state index in [2.05, 4.69) is 22.9 Å². The van der Waals surface area contributed by atoms with Crippen molar-refractivity contribution in [1.82, 2.24) is 9.80 Å². The largest absolute Gasteiger partial charge is 0.496 e. The predicted molar refractivity (Wildman–Crippen MR) is 144 cm³/mol. The molecule has 3 aliphatic heterocycles. The zero-order valence-electron chi connectivity index (χ0n) is 23.7. The Kier molecular flexibility index (Phi) is 6.77. The lowest BCUT2D eigenvalue weighted by Gasteiger charge is -2.55. The van der Waals surface area contributed by atoms with E-state index >= 15 is 0 Å². The zero-order valence-corrected chi connectivity index (χ0v) is 23.7. The predicted octanol–water partition coefficient (Wildman–Crippen LogP) is 3.66. The first-order chi connectivity index (χ1) is 18.3. The molecule has 206 valence electrons. The molecule has 0 unspecified atom stereocenters. The summed E-state index contributed by atoms with van der Waals surface area (Å²) in [6.07, 6.45) is 2.94. The minimum atomic E-state index is -0.344. The van der Waals surface area contributed by atoms with Crippen LogP contribution in [0, 0.1) is 13.8 Å². The van der Waals surface area contributed by atoms with Gasteiger partial charge in [0.1, 0.15) is 11.5 Å². The quantitative estimate of drug-likeness (QED) is 0.581. The Morgan fingerprint density at radius 1 is 0.763 bits per heavy atom. The number of benzene rings is 2. The monoisotopic (exact) mass is 526 g/mol. The number of hydrogen-bond acceptors (Lipinski definition) is 9. The van der Waals surface area contributed by atoms with E-state index < -0.39 is 0 Å². The van der Waals surface area contributed by atoms with Crippen molar-refractivity contribution in [2.45, 2.75) is 38.4 Å². The molecule has 0 radical (unpaired) electrons. The highest BCUT2D eigenvalue weighted by Gasteiger charge is 2.49. The van der Waals surface area contributed by atoms with Crippen LogP contribution in [0.25, 0.3) is 6.08 Å². The third-order valence-electron chi connectivity index (χ3n) is 8.51. The molecule has 3 atom stereocenters. The van der Waals surface area contributed by atoms with Gasteiger partial charge < -0.3 is 38.4 Å². The fourth-order valence-corrected chi connectivity index (χ4v) is 6.92. The van der Waals surface area contributed by atoms with Crippen molar-refractivity contribution >= 4 is 6.08 Å². The van der Waals surface area contributed by atoms with Crippen LogP contribution in [0.3, 0.4) is 0 Å². The van der Waals surface area contributed by atoms with Gasteiger partial charge in [-0.05, 0) is 33.4 Å². The first-order valence-electron chi connectivity index (χ1n) is 12.8. The summed E-state index contributed by atoms with van der Waals surface area (Å²) in [4.78, 5) is 4.69. The Bertz CT molecular complexity index is 1310. The first kappa shape index (κ1) is 26.3. The molecular weight excluding hydrogens is 488 g/mol. The van der Waals surface area contributed by atoms with Gasteiger partial charge in [-0.15, -0.1) is 0 Å². The van der Waals surface area contributed by atoms with Crippen molar-refractivity contribution < 1.29 is 33.5 Å². The van der Waals surface area contributed by atoms with Crippen molar-refractivity contribution in [1.29, 1.82) is 0 Å². The highest BCUT2D eigenvalue weighted by Crippen LogP contribution is 2.58. The molecule has 9 heteroatoms. The number of aliphatic hydroxyl groups is 1. The van der Waals surface area contributed by atoms with Gasteiger partial charge >= 0.3 is 0 Å². The van der Waals surface area contributed by atoms with E-state index in [-0.39, 0.29) is 24.7 Å². The van der Waals surface area contributed by atoms with Crippen molar-refractivity contribution in [3.05, 3.63) is 39.1 Å². The molecule has 2 bridgehead atoms. The molecule has 9 nitrogen and oxygen atoms in total. The van der Waals surface area contributed by atoms with Crippen LogP contribution in [0.5, 0.6) is 34.5 Å². The highest BCUT2D eigenvalue weighted by atomic mass is 16.5. The van der Waals surface area contributed by atoms with E-state index in [4.69, 9.17) is 28.4 Å². The minimum absolute atomic E-state index is 0.0935. The van der Waals surface area contributed by atoms with Crippen LogP contribution in [0.2, 0.25) is 0 Å². The van der Waals surface area contributed by atoms with Gasteiger partial charge in [-0.1, -0.05) is 0 Å². The Morgan fingerprint density at radius 2 is 1.29 bits per heavy atom. The summed E-state index contributed by atoms with van der Waals surface area (Å²) >= 11 is 0. The van der Waals surface area contributed by atoms with Gasteiger partial charge in [0.05, 0.1) is 61.3 Å². The molecular formula is C29H38N2O7. The number of hydrogen-bond donors (Lipinski definition) is 1. The average Bonchev–Trinajstić information content (AvgIpc) is 2.91. The van der Waals surface area contributed by atoms with Crippen LogP contribution < -0.4 is 28.4 Å². The number of likely N-dealkylation sites (N-methyl/N-ethyl adjacent to an activating group) is 1. The van der Waals surface area contributed by atoms with E-state index in [1.54, 1.807) is 42.7 Å². The van der Waals surface area contributed by atoms with Gasteiger partial charge in [0.25, 0.3) is 0 Å². The van der Waals surface area contributed by atoms with E-state index in [0.717, 1.165) is 57.8 Å². The summed E-state index contributed by atoms with van der Waals surface area (Å²) in [6, 6.07) is -0.313. The molecule has 2 aromatic carbocycles. The van der Waals surface area contributed by atoms with Crippen LogP contribution in [-0.2, 0) is 6.42 Å². The molecule has 5 rings (SSSR count). The molecule has 0 amide bonds. The maximum absolute atomic E-state index is 10.8. The lowest BCUT2D eigenvalue weighted by molar-refractivity contribution is 0.0305. The van der Waals surface area contributed by atoms with Crippen LogP contribution in [0.4, 0.5) is 0 Å². The third-order valence-corrected chi connectivity index (χ3v) is 8.51. The lowest BCUT2D eigenvalue weighted by atomic mass is 9.78. The molecule has 1 fully saturated rings. The Morgan fingerprint density at radius 3 is 1.82 bits per heavy atom. The second-order valence-electron chi connectivity index (χ2n) is 10.0. The van der Waals surface area contributed by atoms with Crippen molar-refractivity contribution in [3.63, 3.8) is 0 Å². The summed E-state index contributed by atoms with van der Waals surface area (Å²) in [5, 5.41) is 10.8. The summed E-state index contributed by atoms with van der Waals surface area (Å²) < 4.78 is 35.4. The Hall–Kier alpha value is -3.30. The molecule has 1 N–H and O–H groups in total. The van der Waals surface area contributed by atoms with Crippen LogP contribution in [-0.4, -0.2) is 83.8 Å². The molecule has 1 saturated heterocycles. The maximum Gasteiger partial charge on any atom is 0.167 e. The number of aliphatic hydroxyl groups excluding tert-OH is 1. The molecule has 0 aliphatic carbocycles. The summed E-state index contributed by atoms with van der Waals surface area (Å²) in [7, 11) is 12.1. The van der Waals surface area contributed by atoms with E-state index in [1.807, 2.05) is 13.8 Å². The topological polar surface area (TPSA) is 82.1 Å². The van der Waals surface area contributed by atoms with Crippen LogP contribution in [0.1, 0.15) is 45.5 Å². The standard InChI is InChI=1S/C29H38N2O7/c1-14-24(33-4)17-10-16-12-31-19(23(30(16)3)22(17)29(38-9)27(14)36-7)11-18-21(20(31)13-32)28(37-8)26(35-6)15(2)25(18)34-5/h11,16,20,23,32H,10,12-13H2,1-9H3/t16-,20-,23+/m0/s1. The summed E-state index contributed by atoms with van der Waals surface area (Å²) in [5.41, 5.74) is 6.73. The Balaban J connectivity index is 1.86. The van der Waals surface area contributed by atoms with Gasteiger partial charge in [0.15, 0.2) is 23.0 Å². The van der Waals surface area contributed by atoms with Gasteiger partial charge in [0.2, 0.25) is 0 Å². The van der Waals surface area contributed by atoms with E-state index in [1.165, 1.54) is 0 Å². The van der Waals surface area contributed by atoms with Gasteiger partial charge in [-0.25, -0.2) is 0 Å². The molecule has 0 aromatic heterocycles. The molecule has 2 aromatic rings. The fourth-order valence-electron chi connectivity index (χ4n) is 6.92. The molecule has 3 aliphatic rings. The number of nitrogens with zero attached hydrogens (tertiary/aromatic N) is 2. The first-order valence-corrected chi connectivity index (χ1v) is 12.8. The summed E-state index contributed by atoms with van der Waals surface area (Å²) in [6.45, 7) is 4.59. The van der Waals surface area contributed by atoms with Crippen molar-refractivity contribution in [2.75, 3.05) is 62.9 Å². The van der Waals surface area contributed by atoms with Crippen LogP contribution >= 0.6 is 0 Å². The number of rotatable bonds is 7. The average molecular weight is 527 g/mol. The SMILES string of the molecule is COc1c(C)c(OC)c(OC)c2c1C=C1[C@@H]3c4c(c(OC)c(C)c(OC)c4OC)C[C@@H](CN1[C@H]2CO)N3C. The molecule has 0 spiro atoms. The second kappa shape index (κ2) is 9.78.